The van der Waals surface area contributed by atoms with E-state index in [2.05, 4.69) is 28.1 Å². The van der Waals surface area contributed by atoms with E-state index in [0.29, 0.717) is 0 Å². The first-order valence-corrected chi connectivity index (χ1v) is 12.9. The van der Waals surface area contributed by atoms with Crippen LogP contribution in [0.2, 0.25) is 0 Å². The predicted molar refractivity (Wildman–Crippen MR) is 142 cm³/mol. The Balaban J connectivity index is 1.50. The number of benzene rings is 2. The summed E-state index contributed by atoms with van der Waals surface area (Å²) in [6.45, 7) is 7.27. The molecule has 37 heavy (non-hydrogen) atoms. The number of nitrogens with one attached hydrogen (secondary N) is 3. The normalized spacial score (nSPS) is 18.2. The minimum absolute atomic E-state index is 0.0366. The Morgan fingerprint density at radius 3 is 2.16 bits per heavy atom. The van der Waals surface area contributed by atoms with Gasteiger partial charge in [-0.2, -0.15) is 0 Å². The molecular weight excluding hydrogens is 470 g/mol. The predicted octanol–water partition coefficient (Wildman–Crippen LogP) is 4.72. The molecule has 3 amide bonds. The first-order chi connectivity index (χ1) is 17.6. The first kappa shape index (κ1) is 28.0. The number of carbonyl (C=O) groups is 3. The summed E-state index contributed by atoms with van der Waals surface area (Å²) in [5, 5.41) is 8.63. The number of hydrogen-bond donors (Lipinski definition) is 3. The zero-order valence-corrected chi connectivity index (χ0v) is 22.2. The molecule has 0 aromatic heterocycles. The van der Waals surface area contributed by atoms with Crippen LogP contribution in [0.1, 0.15) is 58.1 Å². The van der Waals surface area contributed by atoms with Gasteiger partial charge >= 0.3 is 12.2 Å². The monoisotopic (exact) mass is 509 g/mol. The second-order valence-electron chi connectivity index (χ2n) is 10.6. The van der Waals surface area contributed by atoms with Crippen LogP contribution in [-0.4, -0.2) is 41.8 Å². The number of amides is 3. The van der Waals surface area contributed by atoms with Gasteiger partial charge in [-0.05, 0) is 70.4 Å². The average molecular weight is 510 g/mol. The van der Waals surface area contributed by atoms with E-state index < -0.39 is 23.8 Å². The van der Waals surface area contributed by atoms with Crippen molar-refractivity contribution in [2.45, 2.75) is 83.7 Å². The summed E-state index contributed by atoms with van der Waals surface area (Å²) in [6, 6.07) is 18.6. The lowest BCUT2D eigenvalue weighted by Crippen LogP contribution is -2.48. The molecule has 0 heterocycles. The van der Waals surface area contributed by atoms with Gasteiger partial charge in [0.1, 0.15) is 18.2 Å². The third-order valence-corrected chi connectivity index (χ3v) is 6.12. The lowest BCUT2D eigenvalue weighted by Gasteiger charge is -2.22. The van der Waals surface area contributed by atoms with E-state index in [-0.39, 0.29) is 30.5 Å². The van der Waals surface area contributed by atoms with Crippen molar-refractivity contribution in [2.24, 2.45) is 5.92 Å². The van der Waals surface area contributed by atoms with Crippen molar-refractivity contribution in [1.29, 1.82) is 0 Å². The van der Waals surface area contributed by atoms with Gasteiger partial charge in [0.2, 0.25) is 5.91 Å². The molecule has 0 unspecified atom stereocenters. The molecule has 200 valence electrons. The fraction of sp³-hybridized carbons (Fsp3) is 0.483. The molecule has 0 aliphatic heterocycles. The number of alkyl carbamates (subject to hydrolysis) is 2. The van der Waals surface area contributed by atoms with Crippen molar-refractivity contribution in [3.63, 3.8) is 0 Å². The largest absolute Gasteiger partial charge is 0.445 e. The average Bonchev–Trinajstić information content (AvgIpc) is 3.57. The highest BCUT2D eigenvalue weighted by molar-refractivity contribution is 5.85. The van der Waals surface area contributed by atoms with Crippen molar-refractivity contribution in [1.82, 2.24) is 16.0 Å². The first-order valence-electron chi connectivity index (χ1n) is 12.9. The van der Waals surface area contributed by atoms with Crippen LogP contribution in [0, 0.1) is 5.92 Å². The van der Waals surface area contributed by atoms with Gasteiger partial charge in [0.15, 0.2) is 0 Å². The van der Waals surface area contributed by atoms with E-state index in [0.717, 1.165) is 31.2 Å². The maximum atomic E-state index is 12.9. The lowest BCUT2D eigenvalue weighted by atomic mass is 10.0. The molecule has 1 fully saturated rings. The highest BCUT2D eigenvalue weighted by Gasteiger charge is 2.40. The van der Waals surface area contributed by atoms with E-state index in [1.54, 1.807) is 6.92 Å². The van der Waals surface area contributed by atoms with Crippen LogP contribution in [0.15, 0.2) is 60.7 Å². The van der Waals surface area contributed by atoms with Crippen LogP contribution in [-0.2, 0) is 27.3 Å². The molecule has 0 radical (unpaired) electrons. The van der Waals surface area contributed by atoms with Crippen molar-refractivity contribution < 1.29 is 23.9 Å². The molecule has 1 aliphatic carbocycles. The van der Waals surface area contributed by atoms with E-state index in [9.17, 15) is 14.4 Å². The van der Waals surface area contributed by atoms with Gasteiger partial charge in [0.05, 0.1) is 0 Å². The molecule has 0 spiro atoms. The minimum Gasteiger partial charge on any atom is -0.445 e. The van der Waals surface area contributed by atoms with Crippen molar-refractivity contribution >= 4 is 18.1 Å². The zero-order chi connectivity index (χ0) is 26.8. The Bertz CT molecular complexity index is 1020. The summed E-state index contributed by atoms with van der Waals surface area (Å²) in [6.07, 6.45) is 2.06. The van der Waals surface area contributed by atoms with Gasteiger partial charge in [0.25, 0.3) is 0 Å². The molecule has 1 aliphatic rings. The summed E-state index contributed by atoms with van der Waals surface area (Å²) in [5.41, 5.74) is 1.51. The Hall–Kier alpha value is -3.55. The molecule has 8 heteroatoms. The maximum Gasteiger partial charge on any atom is 0.408 e. The third-order valence-electron chi connectivity index (χ3n) is 6.12. The molecule has 4 atom stereocenters. The summed E-state index contributed by atoms with van der Waals surface area (Å²) < 4.78 is 10.6. The quantitative estimate of drug-likeness (QED) is 0.406. The van der Waals surface area contributed by atoms with Gasteiger partial charge in [-0.1, -0.05) is 60.7 Å². The van der Waals surface area contributed by atoms with Gasteiger partial charge in [-0.3, -0.25) is 4.79 Å². The van der Waals surface area contributed by atoms with E-state index in [4.69, 9.17) is 9.47 Å². The Morgan fingerprint density at radius 2 is 1.54 bits per heavy atom. The van der Waals surface area contributed by atoms with Crippen LogP contribution in [0.25, 0.3) is 0 Å². The summed E-state index contributed by atoms with van der Waals surface area (Å²) >= 11 is 0. The summed E-state index contributed by atoms with van der Waals surface area (Å²) in [5.74, 6) is -0.0141. The zero-order valence-electron chi connectivity index (χ0n) is 22.2. The van der Waals surface area contributed by atoms with Gasteiger partial charge in [0, 0.05) is 12.1 Å². The number of aryl methyl sites for hydroxylation is 1. The second kappa shape index (κ2) is 13.1. The van der Waals surface area contributed by atoms with Crippen LogP contribution < -0.4 is 16.0 Å². The second-order valence-corrected chi connectivity index (χ2v) is 10.6. The minimum atomic E-state index is -0.752. The fourth-order valence-electron chi connectivity index (χ4n) is 4.08. The molecule has 3 N–H and O–H groups in total. The highest BCUT2D eigenvalue weighted by atomic mass is 16.6. The number of rotatable bonds is 11. The Morgan fingerprint density at radius 1 is 0.919 bits per heavy atom. The van der Waals surface area contributed by atoms with E-state index in [1.807, 2.05) is 69.3 Å². The number of hydrogen-bond acceptors (Lipinski definition) is 5. The molecule has 2 aromatic carbocycles. The molecule has 3 rings (SSSR count). The van der Waals surface area contributed by atoms with Crippen LogP contribution in [0.4, 0.5) is 9.59 Å². The van der Waals surface area contributed by atoms with Crippen LogP contribution in [0.3, 0.4) is 0 Å². The molecule has 0 bridgehead atoms. The van der Waals surface area contributed by atoms with Crippen molar-refractivity contribution in [3.05, 3.63) is 71.8 Å². The van der Waals surface area contributed by atoms with Gasteiger partial charge in [-0.15, -0.1) is 0 Å². The third kappa shape index (κ3) is 10.5. The topological polar surface area (TPSA) is 106 Å². The van der Waals surface area contributed by atoms with Crippen molar-refractivity contribution in [3.8, 4) is 0 Å². The smallest absolute Gasteiger partial charge is 0.408 e. The van der Waals surface area contributed by atoms with E-state index >= 15 is 0 Å². The molecule has 8 nitrogen and oxygen atoms in total. The number of carbonyl (C=O) groups excluding carboxylic acids is 3. The van der Waals surface area contributed by atoms with Gasteiger partial charge < -0.3 is 25.4 Å². The highest BCUT2D eigenvalue weighted by Crippen LogP contribution is 2.35. The maximum absolute atomic E-state index is 12.9. The SMILES string of the molecule is C[C@H](NC(=O)OCc1ccccc1)C(=O)N[C@H](CCc1ccccc1)C[C@@H]1C[C@@H]1NC(=O)OC(C)(C)C. The molecular formula is C29H39N3O5. The number of ether oxygens (including phenoxy) is 2. The summed E-state index contributed by atoms with van der Waals surface area (Å²) in [7, 11) is 0. The van der Waals surface area contributed by atoms with Gasteiger partial charge in [-0.25, -0.2) is 9.59 Å². The molecule has 2 aromatic rings. The molecule has 0 saturated heterocycles. The van der Waals surface area contributed by atoms with E-state index in [1.165, 1.54) is 5.56 Å². The van der Waals surface area contributed by atoms with Crippen LogP contribution in [0.5, 0.6) is 0 Å². The summed E-state index contributed by atoms with van der Waals surface area (Å²) in [4.78, 5) is 37.2. The Kier molecular flexibility index (Phi) is 9.94. The fourth-order valence-corrected chi connectivity index (χ4v) is 4.08. The van der Waals surface area contributed by atoms with Crippen LogP contribution >= 0.6 is 0 Å². The standard InChI is InChI=1S/C29H39N3O5/c1-20(30-27(34)36-19-22-13-9-6-10-14-22)26(33)31-24(16-15-21-11-7-5-8-12-21)17-23-18-25(23)32-28(35)37-29(2,3)4/h5-14,20,23-25H,15-19H2,1-4H3,(H,30,34)(H,31,33)(H,32,35)/t20-,23+,24+,25-/m0/s1. The van der Waals surface area contributed by atoms with Crippen molar-refractivity contribution in [2.75, 3.05) is 0 Å². The lowest BCUT2D eigenvalue weighted by molar-refractivity contribution is -0.123. The Labute approximate surface area is 219 Å². The molecule has 1 saturated carbocycles.